The largest absolute Gasteiger partial charge is 0.506 e. The molecule has 2 aromatic carbocycles. The number of hydrogen-bond acceptors (Lipinski definition) is 5. The zero-order chi connectivity index (χ0) is 23.5. The average molecular weight is 531 g/mol. The van der Waals surface area contributed by atoms with Crippen molar-refractivity contribution in [3.8, 4) is 5.75 Å². The van der Waals surface area contributed by atoms with Crippen LogP contribution in [0.25, 0.3) is 10.9 Å². The maximum Gasteiger partial charge on any atom is 0.340 e. The van der Waals surface area contributed by atoms with Gasteiger partial charge in [-0.1, -0.05) is 30.3 Å². The second-order valence-electron chi connectivity index (χ2n) is 7.97. The molecule has 1 aliphatic rings. The first kappa shape index (κ1) is 23.5. The van der Waals surface area contributed by atoms with E-state index >= 15 is 0 Å². The van der Waals surface area contributed by atoms with Crippen molar-refractivity contribution in [2.24, 2.45) is 5.73 Å². The number of aromatic nitrogens is 1. The van der Waals surface area contributed by atoms with Crippen LogP contribution in [0.1, 0.15) is 53.0 Å². The summed E-state index contributed by atoms with van der Waals surface area (Å²) in [6.45, 7) is 2.16. The minimum Gasteiger partial charge on any atom is -0.506 e. The van der Waals surface area contributed by atoms with Crippen molar-refractivity contribution >= 4 is 50.5 Å². The number of fused-ring (bicyclic) bond motifs is 1. The molecule has 174 valence electrons. The Morgan fingerprint density at radius 1 is 1.33 bits per heavy atom. The highest BCUT2D eigenvalue weighted by Crippen LogP contribution is 2.46. The number of halogens is 1. The monoisotopic (exact) mass is 530 g/mol. The highest BCUT2D eigenvalue weighted by Gasteiger charge is 2.34. The van der Waals surface area contributed by atoms with E-state index in [1.54, 1.807) is 18.7 Å². The van der Waals surface area contributed by atoms with Crippen LogP contribution in [0, 0.1) is 5.41 Å². The van der Waals surface area contributed by atoms with Crippen LogP contribution >= 0.6 is 27.7 Å². The Kier molecular flexibility index (Phi) is 7.19. The zero-order valence-electron chi connectivity index (χ0n) is 18.4. The first-order chi connectivity index (χ1) is 15.9. The summed E-state index contributed by atoms with van der Waals surface area (Å²) in [4.78, 5) is 13.2. The fourth-order valence-corrected chi connectivity index (χ4v) is 5.53. The summed E-state index contributed by atoms with van der Waals surface area (Å²) in [5.74, 6) is 0.872. The highest BCUT2D eigenvalue weighted by atomic mass is 79.9. The molecule has 1 aliphatic carbocycles. The fourth-order valence-electron chi connectivity index (χ4n) is 4.07. The SMILES string of the molecule is CCOC(=O)c1c(CSCc2ccccc2)n(C2CC2)c2cc(Br)c(O)c(CNC(=N)N)c12. The molecule has 0 spiro atoms. The number of phenols is 1. The lowest BCUT2D eigenvalue weighted by Gasteiger charge is -2.12. The van der Waals surface area contributed by atoms with E-state index in [4.69, 9.17) is 15.9 Å². The molecule has 0 bridgehead atoms. The minimum absolute atomic E-state index is 0.0261. The van der Waals surface area contributed by atoms with Crippen molar-refractivity contribution in [3.05, 3.63) is 63.3 Å². The molecule has 0 atom stereocenters. The summed E-state index contributed by atoms with van der Waals surface area (Å²) in [5, 5.41) is 21.8. The van der Waals surface area contributed by atoms with Crippen LogP contribution in [0.15, 0.2) is 40.9 Å². The summed E-state index contributed by atoms with van der Waals surface area (Å²) in [7, 11) is 0. The Hall–Kier alpha value is -2.65. The number of nitrogens with zero attached hydrogens (tertiary/aromatic N) is 1. The van der Waals surface area contributed by atoms with Gasteiger partial charge in [0.15, 0.2) is 5.96 Å². The van der Waals surface area contributed by atoms with Crippen LogP contribution in [0.2, 0.25) is 0 Å². The van der Waals surface area contributed by atoms with Crippen molar-refractivity contribution in [1.29, 1.82) is 5.41 Å². The van der Waals surface area contributed by atoms with Crippen molar-refractivity contribution in [1.82, 2.24) is 9.88 Å². The van der Waals surface area contributed by atoms with Crippen molar-refractivity contribution < 1.29 is 14.6 Å². The van der Waals surface area contributed by atoms with Gasteiger partial charge in [-0.3, -0.25) is 5.41 Å². The van der Waals surface area contributed by atoms with Crippen LogP contribution in [0.5, 0.6) is 5.75 Å². The Labute approximate surface area is 205 Å². The Morgan fingerprint density at radius 2 is 2.06 bits per heavy atom. The number of nitrogens with one attached hydrogen (secondary N) is 2. The van der Waals surface area contributed by atoms with Gasteiger partial charge in [0.25, 0.3) is 0 Å². The second kappa shape index (κ2) is 10.1. The zero-order valence-corrected chi connectivity index (χ0v) is 20.8. The molecule has 7 nitrogen and oxygen atoms in total. The van der Waals surface area contributed by atoms with Gasteiger partial charge in [0.2, 0.25) is 0 Å². The van der Waals surface area contributed by atoms with Crippen LogP contribution < -0.4 is 11.1 Å². The molecule has 0 aliphatic heterocycles. The third-order valence-electron chi connectivity index (χ3n) is 5.62. The van der Waals surface area contributed by atoms with Gasteiger partial charge in [-0.25, -0.2) is 4.79 Å². The van der Waals surface area contributed by atoms with Gasteiger partial charge in [-0.2, -0.15) is 11.8 Å². The molecule has 1 saturated carbocycles. The van der Waals surface area contributed by atoms with Crippen molar-refractivity contribution in [2.45, 2.75) is 43.9 Å². The van der Waals surface area contributed by atoms with E-state index in [2.05, 4.69) is 37.9 Å². The summed E-state index contributed by atoms with van der Waals surface area (Å²) < 4.78 is 8.24. The maximum absolute atomic E-state index is 13.2. The van der Waals surface area contributed by atoms with Crippen LogP contribution in [0.3, 0.4) is 0 Å². The van der Waals surface area contributed by atoms with Crippen molar-refractivity contribution in [3.63, 3.8) is 0 Å². The number of esters is 1. The normalized spacial score (nSPS) is 13.3. The van der Waals surface area contributed by atoms with Gasteiger partial charge in [0, 0.05) is 40.7 Å². The molecule has 1 heterocycles. The predicted octanol–water partition coefficient (Wildman–Crippen LogP) is 5.04. The number of carbonyl (C=O) groups excluding carboxylic acids is 1. The Balaban J connectivity index is 1.85. The molecule has 1 aromatic heterocycles. The van der Waals surface area contributed by atoms with E-state index < -0.39 is 5.97 Å². The molecule has 4 rings (SSSR count). The number of phenolic OH excluding ortho intramolecular Hbond substituents is 1. The molecule has 0 saturated heterocycles. The first-order valence-electron chi connectivity index (χ1n) is 10.9. The number of carbonyl (C=O) groups is 1. The van der Waals surface area contributed by atoms with E-state index in [0.29, 0.717) is 32.8 Å². The van der Waals surface area contributed by atoms with Crippen LogP contribution in [-0.2, 0) is 22.8 Å². The predicted molar refractivity (Wildman–Crippen MR) is 136 cm³/mol. The quantitative estimate of drug-likeness (QED) is 0.175. The number of rotatable bonds is 9. The summed E-state index contributed by atoms with van der Waals surface area (Å²) in [6, 6.07) is 12.4. The molecular formula is C24H27BrN4O3S. The van der Waals surface area contributed by atoms with E-state index in [-0.39, 0.29) is 24.9 Å². The molecule has 0 amide bonds. The third kappa shape index (κ3) is 4.99. The van der Waals surface area contributed by atoms with Gasteiger partial charge >= 0.3 is 5.97 Å². The fraction of sp³-hybridized carbons (Fsp3) is 0.333. The average Bonchev–Trinajstić information content (AvgIpc) is 3.57. The highest BCUT2D eigenvalue weighted by molar-refractivity contribution is 9.10. The molecule has 9 heteroatoms. The third-order valence-corrected chi connectivity index (χ3v) is 7.24. The molecule has 0 unspecified atom stereocenters. The number of nitrogens with two attached hydrogens (primary N) is 1. The lowest BCUT2D eigenvalue weighted by Crippen LogP contribution is -2.29. The molecule has 33 heavy (non-hydrogen) atoms. The number of guanidine groups is 1. The van der Waals surface area contributed by atoms with Crippen LogP contribution in [0.4, 0.5) is 0 Å². The molecule has 5 N–H and O–H groups in total. The number of hydrogen-bond donors (Lipinski definition) is 4. The topological polar surface area (TPSA) is 113 Å². The number of aromatic hydroxyl groups is 1. The lowest BCUT2D eigenvalue weighted by atomic mass is 10.0. The smallest absolute Gasteiger partial charge is 0.340 e. The maximum atomic E-state index is 13.2. The second-order valence-corrected chi connectivity index (χ2v) is 9.81. The number of benzene rings is 2. The van der Waals surface area contributed by atoms with E-state index in [0.717, 1.165) is 29.8 Å². The molecule has 3 aromatic rings. The summed E-state index contributed by atoms with van der Waals surface area (Å²) in [5.41, 5.74) is 9.53. The Morgan fingerprint density at radius 3 is 2.70 bits per heavy atom. The van der Waals surface area contributed by atoms with Crippen LogP contribution in [-0.4, -0.2) is 28.2 Å². The van der Waals surface area contributed by atoms with Gasteiger partial charge < -0.3 is 25.5 Å². The van der Waals surface area contributed by atoms with Gasteiger partial charge in [0.1, 0.15) is 5.75 Å². The number of thioether (sulfide) groups is 1. The van der Waals surface area contributed by atoms with E-state index in [1.165, 1.54) is 5.56 Å². The lowest BCUT2D eigenvalue weighted by molar-refractivity contribution is 0.0527. The Bertz CT molecular complexity index is 1190. The molecular weight excluding hydrogens is 504 g/mol. The molecule has 1 fully saturated rings. The van der Waals surface area contributed by atoms with E-state index in [1.807, 2.05) is 24.3 Å². The minimum atomic E-state index is -0.400. The standard InChI is InChI=1S/C24H27BrN4O3S/c1-2-32-23(31)21-19(13-33-12-14-6-4-3-5-7-14)29(15-8-9-15)18-10-17(25)22(30)16(20(18)21)11-28-24(26)27/h3-7,10,15,30H,2,8-9,11-13H2,1H3,(H4,26,27,28). The number of ether oxygens (including phenoxy) is 1. The van der Waals surface area contributed by atoms with Gasteiger partial charge in [0.05, 0.1) is 22.2 Å². The van der Waals surface area contributed by atoms with Gasteiger partial charge in [-0.05, 0) is 47.3 Å². The summed E-state index contributed by atoms with van der Waals surface area (Å²) >= 11 is 5.21. The van der Waals surface area contributed by atoms with E-state index in [9.17, 15) is 9.90 Å². The van der Waals surface area contributed by atoms with Gasteiger partial charge in [-0.15, -0.1) is 0 Å². The van der Waals surface area contributed by atoms with Crippen molar-refractivity contribution in [2.75, 3.05) is 6.61 Å². The molecule has 0 radical (unpaired) electrons. The first-order valence-corrected chi connectivity index (χ1v) is 12.8. The summed E-state index contributed by atoms with van der Waals surface area (Å²) in [6.07, 6.45) is 2.09.